The van der Waals surface area contributed by atoms with E-state index in [-0.39, 0.29) is 11.6 Å². The zero-order valence-corrected chi connectivity index (χ0v) is 15.3. The number of hydrogen-bond acceptors (Lipinski definition) is 5. The number of hydrogen-bond donors (Lipinski definition) is 1. The third-order valence-electron chi connectivity index (χ3n) is 4.47. The Balaban J connectivity index is 1.79. The molecule has 4 rings (SSSR count). The lowest BCUT2D eigenvalue weighted by atomic mass is 10.0. The van der Waals surface area contributed by atoms with Crippen molar-refractivity contribution in [1.29, 1.82) is 5.26 Å². The van der Waals surface area contributed by atoms with Crippen LogP contribution in [0.15, 0.2) is 48.8 Å². The van der Waals surface area contributed by atoms with Crippen molar-refractivity contribution in [1.82, 2.24) is 14.5 Å². The molecule has 28 heavy (non-hydrogen) atoms. The van der Waals surface area contributed by atoms with E-state index < -0.39 is 5.82 Å². The minimum atomic E-state index is -0.527. The number of fused-ring (bicyclic) bond motifs is 1. The van der Waals surface area contributed by atoms with Gasteiger partial charge in [0.05, 0.1) is 16.5 Å². The summed E-state index contributed by atoms with van der Waals surface area (Å²) >= 11 is 0. The van der Waals surface area contributed by atoms with E-state index in [2.05, 4.69) is 16.0 Å². The normalized spacial score (nSPS) is 10.8. The average molecular weight is 373 g/mol. The first-order chi connectivity index (χ1) is 13.5. The zero-order valence-electron chi connectivity index (χ0n) is 15.3. The molecule has 138 valence electrons. The monoisotopic (exact) mass is 373 g/mol. The lowest BCUT2D eigenvalue weighted by Crippen LogP contribution is -1.95. The van der Waals surface area contributed by atoms with Crippen molar-refractivity contribution in [3.05, 3.63) is 65.9 Å². The first-order valence-corrected chi connectivity index (χ1v) is 8.53. The summed E-state index contributed by atoms with van der Waals surface area (Å²) in [5, 5.41) is 9.96. The van der Waals surface area contributed by atoms with E-state index in [0.717, 1.165) is 5.69 Å². The van der Waals surface area contributed by atoms with Crippen LogP contribution in [-0.2, 0) is 7.05 Å². The first kappa shape index (κ1) is 17.5. The van der Waals surface area contributed by atoms with Crippen molar-refractivity contribution in [3.63, 3.8) is 0 Å². The Hall–Kier alpha value is -3.92. The number of nitrogens with two attached hydrogens (primary N) is 1. The highest BCUT2D eigenvalue weighted by Crippen LogP contribution is 2.36. The van der Waals surface area contributed by atoms with Crippen LogP contribution in [0, 0.1) is 24.1 Å². The van der Waals surface area contributed by atoms with E-state index in [9.17, 15) is 9.65 Å². The molecule has 3 heterocycles. The number of anilines is 1. The second-order valence-corrected chi connectivity index (χ2v) is 6.41. The van der Waals surface area contributed by atoms with Crippen molar-refractivity contribution in [3.8, 4) is 28.8 Å². The van der Waals surface area contributed by atoms with E-state index in [1.165, 1.54) is 12.3 Å². The number of aryl methyl sites for hydroxylation is 2. The quantitative estimate of drug-likeness (QED) is 0.577. The molecule has 0 unspecified atom stereocenters. The Morgan fingerprint density at radius 3 is 2.79 bits per heavy atom. The fraction of sp³-hybridized carbons (Fsp3) is 0.0952. The van der Waals surface area contributed by atoms with Crippen LogP contribution < -0.4 is 10.5 Å². The Labute approximate surface area is 160 Å². The predicted octanol–water partition coefficient (Wildman–Crippen LogP) is 4.33. The third kappa shape index (κ3) is 2.91. The number of pyridine rings is 2. The molecule has 0 fully saturated rings. The molecule has 0 bridgehead atoms. The van der Waals surface area contributed by atoms with Gasteiger partial charge in [-0.2, -0.15) is 5.26 Å². The molecule has 0 atom stereocenters. The molecule has 0 spiro atoms. The molecule has 7 heteroatoms. The second kappa shape index (κ2) is 6.67. The number of rotatable bonds is 3. The van der Waals surface area contributed by atoms with Gasteiger partial charge in [-0.3, -0.25) is 0 Å². The molecule has 3 aromatic heterocycles. The van der Waals surface area contributed by atoms with E-state index in [0.29, 0.717) is 33.5 Å². The van der Waals surface area contributed by atoms with Gasteiger partial charge in [0.2, 0.25) is 5.88 Å². The standard InChI is InChI=1S/C21H16FN5O/c1-12-4-3-5-18(26-12)28-17-7-6-13(8-16(17)22)15-11-27(2)20-14(9-23)10-25-21(24)19(15)20/h3-8,10-11H,1-2H3,(H2,24,25). The van der Waals surface area contributed by atoms with Gasteiger partial charge in [0.25, 0.3) is 0 Å². The van der Waals surface area contributed by atoms with E-state index in [1.807, 2.05) is 20.0 Å². The molecule has 0 saturated carbocycles. The van der Waals surface area contributed by atoms with Crippen molar-refractivity contribution >= 4 is 16.7 Å². The maximum atomic E-state index is 14.7. The van der Waals surface area contributed by atoms with Crippen LogP contribution in [0.25, 0.3) is 22.0 Å². The van der Waals surface area contributed by atoms with Gasteiger partial charge < -0.3 is 15.0 Å². The number of halogens is 1. The summed E-state index contributed by atoms with van der Waals surface area (Å²) in [5.41, 5.74) is 9.20. The minimum Gasteiger partial charge on any atom is -0.436 e. The van der Waals surface area contributed by atoms with Crippen LogP contribution in [0.4, 0.5) is 10.2 Å². The highest BCUT2D eigenvalue weighted by atomic mass is 19.1. The van der Waals surface area contributed by atoms with E-state index in [1.54, 1.807) is 35.0 Å². The largest absolute Gasteiger partial charge is 0.436 e. The molecular formula is C21H16FN5O. The summed E-state index contributed by atoms with van der Waals surface area (Å²) in [6, 6.07) is 12.1. The molecule has 0 aliphatic heterocycles. The molecule has 0 saturated heterocycles. The number of aromatic nitrogens is 3. The van der Waals surface area contributed by atoms with Crippen molar-refractivity contribution < 1.29 is 9.13 Å². The van der Waals surface area contributed by atoms with Crippen LogP contribution in [0.1, 0.15) is 11.3 Å². The maximum absolute atomic E-state index is 14.7. The number of benzene rings is 1. The van der Waals surface area contributed by atoms with Gasteiger partial charge in [-0.1, -0.05) is 12.1 Å². The molecule has 0 radical (unpaired) electrons. The van der Waals surface area contributed by atoms with Gasteiger partial charge >= 0.3 is 0 Å². The topological polar surface area (TPSA) is 89.8 Å². The summed E-state index contributed by atoms with van der Waals surface area (Å²) < 4.78 is 22.1. The lowest BCUT2D eigenvalue weighted by Gasteiger charge is -2.08. The number of nitrogen functional groups attached to an aromatic ring is 1. The van der Waals surface area contributed by atoms with Gasteiger partial charge in [0.15, 0.2) is 11.6 Å². The predicted molar refractivity (Wildman–Crippen MR) is 104 cm³/mol. The smallest absolute Gasteiger partial charge is 0.219 e. The average Bonchev–Trinajstić information content (AvgIpc) is 3.02. The summed E-state index contributed by atoms with van der Waals surface area (Å²) in [4.78, 5) is 8.31. The molecule has 1 aromatic carbocycles. The number of nitriles is 1. The zero-order chi connectivity index (χ0) is 19.8. The van der Waals surface area contributed by atoms with Gasteiger partial charge in [0.1, 0.15) is 11.9 Å². The Kier molecular flexibility index (Phi) is 4.17. The van der Waals surface area contributed by atoms with Crippen molar-refractivity contribution in [2.75, 3.05) is 5.73 Å². The number of ether oxygens (including phenoxy) is 1. The van der Waals surface area contributed by atoms with E-state index in [4.69, 9.17) is 10.5 Å². The van der Waals surface area contributed by atoms with Crippen LogP contribution in [0.5, 0.6) is 11.6 Å². The van der Waals surface area contributed by atoms with Crippen molar-refractivity contribution in [2.45, 2.75) is 6.92 Å². The fourth-order valence-electron chi connectivity index (χ4n) is 3.21. The number of nitrogens with zero attached hydrogens (tertiary/aromatic N) is 4. The van der Waals surface area contributed by atoms with Gasteiger partial charge in [0, 0.05) is 36.8 Å². The summed E-state index contributed by atoms with van der Waals surface area (Å²) in [5.74, 6) is 0.157. The molecule has 6 nitrogen and oxygen atoms in total. The summed E-state index contributed by atoms with van der Waals surface area (Å²) in [7, 11) is 1.81. The molecule has 0 amide bonds. The van der Waals surface area contributed by atoms with Gasteiger partial charge in [-0.15, -0.1) is 0 Å². The second-order valence-electron chi connectivity index (χ2n) is 6.41. The Morgan fingerprint density at radius 2 is 2.07 bits per heavy atom. The van der Waals surface area contributed by atoms with Crippen LogP contribution in [-0.4, -0.2) is 14.5 Å². The van der Waals surface area contributed by atoms with E-state index >= 15 is 0 Å². The molecular weight excluding hydrogens is 357 g/mol. The summed E-state index contributed by atoms with van der Waals surface area (Å²) in [6.07, 6.45) is 3.24. The minimum absolute atomic E-state index is 0.0749. The highest BCUT2D eigenvalue weighted by molar-refractivity contribution is 6.04. The molecule has 0 aliphatic rings. The fourth-order valence-corrected chi connectivity index (χ4v) is 3.21. The Bertz CT molecular complexity index is 1260. The van der Waals surface area contributed by atoms with Crippen LogP contribution in [0.2, 0.25) is 0 Å². The lowest BCUT2D eigenvalue weighted by molar-refractivity contribution is 0.427. The van der Waals surface area contributed by atoms with Crippen LogP contribution >= 0.6 is 0 Å². The van der Waals surface area contributed by atoms with Crippen molar-refractivity contribution in [2.24, 2.45) is 7.05 Å². The SMILES string of the molecule is Cc1cccc(Oc2ccc(-c3cn(C)c4c(C#N)cnc(N)c34)cc2F)n1. The van der Waals surface area contributed by atoms with Gasteiger partial charge in [-0.25, -0.2) is 14.4 Å². The Morgan fingerprint density at radius 1 is 1.25 bits per heavy atom. The first-order valence-electron chi connectivity index (χ1n) is 8.53. The molecule has 0 aliphatic carbocycles. The van der Waals surface area contributed by atoms with Gasteiger partial charge in [-0.05, 0) is 30.7 Å². The summed E-state index contributed by atoms with van der Waals surface area (Å²) in [6.45, 7) is 1.83. The molecule has 2 N–H and O–H groups in total. The highest BCUT2D eigenvalue weighted by Gasteiger charge is 2.17. The van der Waals surface area contributed by atoms with Crippen LogP contribution in [0.3, 0.4) is 0 Å². The third-order valence-corrected chi connectivity index (χ3v) is 4.47. The molecule has 4 aromatic rings. The maximum Gasteiger partial charge on any atom is 0.219 e.